The molecule has 0 spiro atoms. The van der Waals surface area contributed by atoms with E-state index in [1.54, 1.807) is 26.5 Å². The summed E-state index contributed by atoms with van der Waals surface area (Å²) in [6.07, 6.45) is 1.69. The number of nitriles is 1. The second-order valence-corrected chi connectivity index (χ2v) is 4.55. The molecule has 0 bridgehead atoms. The van der Waals surface area contributed by atoms with Crippen molar-refractivity contribution in [3.05, 3.63) is 47.8 Å². The van der Waals surface area contributed by atoms with E-state index in [-0.39, 0.29) is 0 Å². The van der Waals surface area contributed by atoms with Crippen molar-refractivity contribution in [1.29, 1.82) is 5.26 Å². The Labute approximate surface area is 124 Å². The number of rotatable bonds is 5. The number of hydrogen-bond donors (Lipinski definition) is 0. The van der Waals surface area contributed by atoms with E-state index in [1.165, 1.54) is 0 Å². The van der Waals surface area contributed by atoms with Crippen LogP contribution in [0.2, 0.25) is 0 Å². The Bertz CT molecular complexity index is 648. The lowest BCUT2D eigenvalue weighted by atomic mass is 10.1. The molecule has 0 saturated heterocycles. The minimum Gasteiger partial charge on any atom is -0.497 e. The molecule has 0 aliphatic rings. The summed E-state index contributed by atoms with van der Waals surface area (Å²) in [5.74, 6) is 1.54. The number of hydrogen-bond acceptors (Lipinski definition) is 5. The average molecular weight is 283 g/mol. The van der Waals surface area contributed by atoms with E-state index in [9.17, 15) is 0 Å². The quantitative estimate of drug-likeness (QED) is 0.844. The average Bonchev–Trinajstić information content (AvgIpc) is 2.55. The molecule has 1 aromatic carbocycles. The van der Waals surface area contributed by atoms with Crippen LogP contribution < -0.4 is 14.4 Å². The molecule has 5 heteroatoms. The Kier molecular flexibility index (Phi) is 4.62. The first-order valence-corrected chi connectivity index (χ1v) is 6.46. The van der Waals surface area contributed by atoms with Crippen LogP contribution in [0.15, 0.2) is 36.5 Å². The molecule has 2 aromatic rings. The van der Waals surface area contributed by atoms with Gasteiger partial charge in [0.25, 0.3) is 0 Å². The molecular weight excluding hydrogens is 266 g/mol. The van der Waals surface area contributed by atoms with Crippen LogP contribution in [0.4, 0.5) is 5.69 Å². The first-order chi connectivity index (χ1) is 10.2. The maximum atomic E-state index is 8.77. The van der Waals surface area contributed by atoms with Gasteiger partial charge >= 0.3 is 0 Å². The van der Waals surface area contributed by atoms with Gasteiger partial charge in [-0.3, -0.25) is 0 Å². The van der Waals surface area contributed by atoms with Crippen LogP contribution in [0.3, 0.4) is 0 Å². The number of anilines is 1. The van der Waals surface area contributed by atoms with Crippen LogP contribution in [-0.2, 0) is 6.54 Å². The highest BCUT2D eigenvalue weighted by atomic mass is 16.5. The number of aromatic nitrogens is 1. The zero-order valence-corrected chi connectivity index (χ0v) is 12.3. The van der Waals surface area contributed by atoms with Gasteiger partial charge in [0.1, 0.15) is 23.3 Å². The molecule has 1 aromatic heterocycles. The molecule has 5 nitrogen and oxygen atoms in total. The van der Waals surface area contributed by atoms with Crippen molar-refractivity contribution in [2.24, 2.45) is 0 Å². The normalized spacial score (nSPS) is 9.81. The summed E-state index contributed by atoms with van der Waals surface area (Å²) < 4.78 is 10.6. The van der Waals surface area contributed by atoms with E-state index < -0.39 is 0 Å². The fourth-order valence-electron chi connectivity index (χ4n) is 2.01. The van der Waals surface area contributed by atoms with Crippen LogP contribution >= 0.6 is 0 Å². The van der Waals surface area contributed by atoms with Crippen LogP contribution in [0.25, 0.3) is 0 Å². The molecule has 0 fully saturated rings. The maximum absolute atomic E-state index is 8.77. The van der Waals surface area contributed by atoms with Crippen LogP contribution in [0, 0.1) is 11.3 Å². The van der Waals surface area contributed by atoms with E-state index in [0.717, 1.165) is 22.7 Å². The van der Waals surface area contributed by atoms with E-state index in [1.807, 2.05) is 42.3 Å². The van der Waals surface area contributed by atoms with Crippen molar-refractivity contribution < 1.29 is 9.47 Å². The smallest absolute Gasteiger partial charge is 0.140 e. The zero-order valence-electron chi connectivity index (χ0n) is 12.3. The molecule has 0 unspecified atom stereocenters. The summed E-state index contributed by atoms with van der Waals surface area (Å²) in [6, 6.07) is 11.3. The highest BCUT2D eigenvalue weighted by Crippen LogP contribution is 2.26. The molecule has 0 atom stereocenters. The third-order valence-corrected chi connectivity index (χ3v) is 3.20. The minimum absolute atomic E-state index is 0.411. The third-order valence-electron chi connectivity index (χ3n) is 3.20. The molecule has 0 saturated carbocycles. The molecule has 0 aliphatic carbocycles. The highest BCUT2D eigenvalue weighted by Gasteiger charge is 2.09. The first kappa shape index (κ1) is 14.7. The largest absolute Gasteiger partial charge is 0.497 e. The van der Waals surface area contributed by atoms with E-state index in [2.05, 4.69) is 4.98 Å². The lowest BCUT2D eigenvalue weighted by molar-refractivity contribution is 0.391. The first-order valence-electron chi connectivity index (χ1n) is 6.46. The highest BCUT2D eigenvalue weighted by molar-refractivity contribution is 5.48. The fourth-order valence-corrected chi connectivity index (χ4v) is 2.01. The summed E-state index contributed by atoms with van der Waals surface area (Å²) in [5, 5.41) is 8.77. The molecule has 108 valence electrons. The van der Waals surface area contributed by atoms with Gasteiger partial charge in [-0.1, -0.05) is 0 Å². The van der Waals surface area contributed by atoms with E-state index >= 15 is 0 Å². The van der Waals surface area contributed by atoms with Gasteiger partial charge in [-0.05, 0) is 24.3 Å². The predicted molar refractivity (Wildman–Crippen MR) is 80.6 cm³/mol. The Hall–Kier alpha value is -2.74. The topological polar surface area (TPSA) is 58.4 Å². The van der Waals surface area contributed by atoms with Crippen molar-refractivity contribution in [3.8, 4) is 17.6 Å². The summed E-state index contributed by atoms with van der Waals surface area (Å²) in [7, 11) is 5.23. The number of benzene rings is 1. The second-order valence-electron chi connectivity index (χ2n) is 4.55. The van der Waals surface area contributed by atoms with Crippen molar-refractivity contribution >= 4 is 5.69 Å². The molecule has 21 heavy (non-hydrogen) atoms. The molecular formula is C16H17N3O2. The molecule has 0 N–H and O–H groups in total. The third kappa shape index (κ3) is 3.42. The zero-order chi connectivity index (χ0) is 15.2. The van der Waals surface area contributed by atoms with E-state index in [4.69, 9.17) is 14.7 Å². The van der Waals surface area contributed by atoms with Gasteiger partial charge in [-0.15, -0.1) is 0 Å². The number of pyridine rings is 1. The molecule has 0 amide bonds. The summed E-state index contributed by atoms with van der Waals surface area (Å²) >= 11 is 0. The lowest BCUT2D eigenvalue weighted by Gasteiger charge is -2.20. The van der Waals surface area contributed by atoms with Crippen molar-refractivity contribution in [1.82, 2.24) is 4.98 Å². The van der Waals surface area contributed by atoms with Gasteiger partial charge in [-0.25, -0.2) is 4.98 Å². The van der Waals surface area contributed by atoms with Gasteiger partial charge < -0.3 is 14.4 Å². The Morgan fingerprint density at radius 2 is 2.00 bits per heavy atom. The van der Waals surface area contributed by atoms with Crippen LogP contribution in [0.1, 0.15) is 11.3 Å². The van der Waals surface area contributed by atoms with Gasteiger partial charge in [-0.2, -0.15) is 5.26 Å². The summed E-state index contributed by atoms with van der Waals surface area (Å²) in [5.41, 5.74) is 2.39. The summed E-state index contributed by atoms with van der Waals surface area (Å²) in [6.45, 7) is 0.667. The van der Waals surface area contributed by atoms with Gasteiger partial charge in [0.15, 0.2) is 0 Å². The van der Waals surface area contributed by atoms with Crippen molar-refractivity contribution in [2.45, 2.75) is 6.54 Å². The Balaban J connectivity index is 2.18. The summed E-state index contributed by atoms with van der Waals surface area (Å²) in [4.78, 5) is 6.12. The standard InChI is InChI=1S/C16H17N3O2/c1-19(14-6-5-13(9-17)18-10-14)11-12-4-7-15(20-2)8-16(12)21-3/h4-8,10H,11H2,1-3H3. The maximum Gasteiger partial charge on any atom is 0.140 e. The van der Waals surface area contributed by atoms with E-state index in [0.29, 0.717) is 12.2 Å². The number of ether oxygens (including phenoxy) is 2. The fraction of sp³-hybridized carbons (Fsp3) is 0.250. The second kappa shape index (κ2) is 6.62. The van der Waals surface area contributed by atoms with Gasteiger partial charge in [0.2, 0.25) is 0 Å². The van der Waals surface area contributed by atoms with Crippen molar-refractivity contribution in [3.63, 3.8) is 0 Å². The van der Waals surface area contributed by atoms with Gasteiger partial charge in [0.05, 0.1) is 26.1 Å². The van der Waals surface area contributed by atoms with Crippen LogP contribution in [0.5, 0.6) is 11.5 Å². The predicted octanol–water partition coefficient (Wildman–Crippen LogP) is 2.61. The van der Waals surface area contributed by atoms with Crippen LogP contribution in [-0.4, -0.2) is 26.3 Å². The lowest BCUT2D eigenvalue weighted by Crippen LogP contribution is -2.17. The Morgan fingerprint density at radius 3 is 2.57 bits per heavy atom. The van der Waals surface area contributed by atoms with Crippen molar-refractivity contribution in [2.75, 3.05) is 26.2 Å². The molecule has 2 rings (SSSR count). The molecule has 0 radical (unpaired) electrons. The molecule has 1 heterocycles. The SMILES string of the molecule is COc1ccc(CN(C)c2ccc(C#N)nc2)c(OC)c1. The monoisotopic (exact) mass is 283 g/mol. The minimum atomic E-state index is 0.411. The number of methoxy groups -OCH3 is 2. The van der Waals surface area contributed by atoms with Gasteiger partial charge in [0, 0.05) is 25.2 Å². The molecule has 0 aliphatic heterocycles. The number of nitrogens with zero attached hydrogens (tertiary/aromatic N) is 3. The Morgan fingerprint density at radius 1 is 1.19 bits per heavy atom.